The second-order valence-corrected chi connectivity index (χ2v) is 4.07. The van der Waals surface area contributed by atoms with Gasteiger partial charge < -0.3 is 14.8 Å². The van der Waals surface area contributed by atoms with Gasteiger partial charge in [0, 0.05) is 11.8 Å². The second-order valence-electron chi connectivity index (χ2n) is 2.42. The largest absolute Gasteiger partial charge is 0.330 e. The number of hydrogen-bond acceptors (Lipinski definition) is 3. The minimum absolute atomic E-state index is 0.145. The topological polar surface area (TPSA) is 123 Å². The maximum absolute atomic E-state index is 10.9. The summed E-state index contributed by atoms with van der Waals surface area (Å²) in [7, 11) is -4.27. The van der Waals surface area contributed by atoms with Gasteiger partial charge in [-0.1, -0.05) is 0 Å². The zero-order chi connectivity index (χ0) is 10.1. The van der Waals surface area contributed by atoms with Crippen molar-refractivity contribution in [3.8, 4) is 0 Å². The van der Waals surface area contributed by atoms with Crippen LogP contribution in [0.25, 0.3) is 0 Å². The first kappa shape index (κ1) is 9.91. The summed E-state index contributed by atoms with van der Waals surface area (Å²) in [5, 5.41) is 0. The Morgan fingerprint density at radius 3 is 2.46 bits per heavy atom. The highest BCUT2D eigenvalue weighted by Crippen LogP contribution is 2.37. The van der Waals surface area contributed by atoms with Gasteiger partial charge >= 0.3 is 13.3 Å². The highest BCUT2D eigenvalue weighted by atomic mass is 31.2. The molecule has 1 aromatic rings. The Morgan fingerprint density at radius 2 is 2.00 bits per heavy atom. The summed E-state index contributed by atoms with van der Waals surface area (Å²) in [4.78, 5) is 42.4. The van der Waals surface area contributed by atoms with Crippen molar-refractivity contribution in [3.63, 3.8) is 0 Å². The van der Waals surface area contributed by atoms with Gasteiger partial charge in [-0.3, -0.25) is 14.3 Å². The number of rotatable bonds is 2. The molecule has 0 aliphatic rings. The molecule has 7 nitrogen and oxygen atoms in total. The molecule has 0 saturated carbocycles. The van der Waals surface area contributed by atoms with Crippen LogP contribution in [-0.4, -0.2) is 19.8 Å². The molecule has 0 atom stereocenters. The Balaban J connectivity index is 3.12. The van der Waals surface area contributed by atoms with E-state index in [0.29, 0.717) is 0 Å². The maximum atomic E-state index is 10.9. The fraction of sp³-hybridized carbons (Fsp3) is 0.200. The minimum atomic E-state index is -4.27. The second kappa shape index (κ2) is 3.29. The standard InChI is InChI=1S/C5H7N2O5P/c8-4-3(2-13(10,11)12)1-6-5(9)7-4/h1H,2H2,(H2,10,11,12)(H2,6,7,8,9). The van der Waals surface area contributed by atoms with Crippen LogP contribution in [0.2, 0.25) is 0 Å². The van der Waals surface area contributed by atoms with E-state index >= 15 is 0 Å². The van der Waals surface area contributed by atoms with Gasteiger partial charge in [0.05, 0.1) is 6.16 Å². The van der Waals surface area contributed by atoms with Gasteiger partial charge in [-0.15, -0.1) is 0 Å². The lowest BCUT2D eigenvalue weighted by molar-refractivity contribution is 0.371. The van der Waals surface area contributed by atoms with Gasteiger partial charge in [0.25, 0.3) is 5.56 Å². The van der Waals surface area contributed by atoms with E-state index < -0.39 is 25.0 Å². The highest BCUT2D eigenvalue weighted by molar-refractivity contribution is 7.50. The molecular formula is C5H7N2O5P. The lowest BCUT2D eigenvalue weighted by Crippen LogP contribution is -2.24. The molecule has 13 heavy (non-hydrogen) atoms. The van der Waals surface area contributed by atoms with Gasteiger partial charge in [-0.2, -0.15) is 0 Å². The molecule has 1 heterocycles. The van der Waals surface area contributed by atoms with E-state index in [1.54, 1.807) is 0 Å². The van der Waals surface area contributed by atoms with Crippen molar-refractivity contribution < 1.29 is 14.4 Å². The molecule has 0 fully saturated rings. The maximum Gasteiger partial charge on any atom is 0.330 e. The van der Waals surface area contributed by atoms with Gasteiger partial charge in [0.2, 0.25) is 0 Å². The van der Waals surface area contributed by atoms with E-state index in [1.165, 1.54) is 0 Å². The summed E-state index contributed by atoms with van der Waals surface area (Å²) in [5.41, 5.74) is -1.64. The number of nitrogens with one attached hydrogen (secondary N) is 2. The van der Waals surface area contributed by atoms with Crippen LogP contribution in [0.4, 0.5) is 0 Å². The number of aromatic amines is 2. The summed E-state index contributed by atoms with van der Waals surface area (Å²) in [6, 6.07) is 0. The average molecular weight is 206 g/mol. The molecule has 1 aromatic heterocycles. The smallest absolute Gasteiger partial charge is 0.324 e. The van der Waals surface area contributed by atoms with Crippen molar-refractivity contribution in [3.05, 3.63) is 32.6 Å². The van der Waals surface area contributed by atoms with E-state index in [2.05, 4.69) is 4.98 Å². The normalized spacial score (nSPS) is 11.5. The Morgan fingerprint density at radius 1 is 1.38 bits per heavy atom. The molecule has 0 radical (unpaired) electrons. The van der Waals surface area contributed by atoms with Crippen molar-refractivity contribution in [2.45, 2.75) is 6.16 Å². The predicted molar refractivity (Wildman–Crippen MR) is 43.4 cm³/mol. The van der Waals surface area contributed by atoms with Crippen LogP contribution in [-0.2, 0) is 10.7 Å². The monoisotopic (exact) mass is 206 g/mol. The van der Waals surface area contributed by atoms with Crippen molar-refractivity contribution in [1.29, 1.82) is 0 Å². The Labute approximate surface area is 71.6 Å². The summed E-state index contributed by atoms with van der Waals surface area (Å²) in [6.45, 7) is 0. The van der Waals surface area contributed by atoms with Crippen LogP contribution in [0.3, 0.4) is 0 Å². The molecular weight excluding hydrogens is 199 g/mol. The van der Waals surface area contributed by atoms with Gasteiger partial charge in [0.1, 0.15) is 0 Å². The van der Waals surface area contributed by atoms with E-state index in [4.69, 9.17) is 9.79 Å². The fourth-order valence-electron chi connectivity index (χ4n) is 0.777. The molecule has 8 heteroatoms. The predicted octanol–water partition coefficient (Wildman–Crippen LogP) is -1.26. The molecule has 0 unspecified atom stereocenters. The zero-order valence-corrected chi connectivity index (χ0v) is 7.25. The van der Waals surface area contributed by atoms with E-state index in [1.807, 2.05) is 4.98 Å². The van der Waals surface area contributed by atoms with E-state index in [9.17, 15) is 14.2 Å². The molecule has 1 rings (SSSR count). The van der Waals surface area contributed by atoms with Crippen molar-refractivity contribution in [2.75, 3.05) is 0 Å². The molecule has 0 bridgehead atoms. The molecule has 4 N–H and O–H groups in total. The Kier molecular flexibility index (Phi) is 2.51. The molecule has 72 valence electrons. The Bertz CT molecular complexity index is 454. The molecule has 0 aliphatic carbocycles. The van der Waals surface area contributed by atoms with Crippen LogP contribution >= 0.6 is 7.60 Å². The fourth-order valence-corrected chi connectivity index (χ4v) is 1.46. The van der Waals surface area contributed by atoms with Gasteiger partial charge in [-0.05, 0) is 0 Å². The lowest BCUT2D eigenvalue weighted by Gasteiger charge is -2.01. The lowest BCUT2D eigenvalue weighted by atomic mass is 10.4. The SMILES string of the molecule is O=c1[nH]cc(CP(=O)(O)O)c(=O)[nH]1. The summed E-state index contributed by atoms with van der Waals surface area (Å²) in [5.74, 6) is 0. The third-order valence-electron chi connectivity index (χ3n) is 1.27. The first-order valence-electron chi connectivity index (χ1n) is 3.24. The van der Waals surface area contributed by atoms with Crippen molar-refractivity contribution in [1.82, 2.24) is 9.97 Å². The van der Waals surface area contributed by atoms with Crippen LogP contribution < -0.4 is 11.2 Å². The van der Waals surface area contributed by atoms with Gasteiger partial charge in [0.15, 0.2) is 0 Å². The van der Waals surface area contributed by atoms with E-state index in [-0.39, 0.29) is 5.56 Å². The van der Waals surface area contributed by atoms with Crippen LogP contribution in [0, 0.1) is 0 Å². The van der Waals surface area contributed by atoms with Crippen LogP contribution in [0.15, 0.2) is 15.8 Å². The molecule has 0 amide bonds. The minimum Gasteiger partial charge on any atom is -0.324 e. The quantitative estimate of drug-likeness (QED) is 0.449. The molecule has 0 aromatic carbocycles. The summed E-state index contributed by atoms with van der Waals surface area (Å²) >= 11 is 0. The first-order chi connectivity index (χ1) is 5.88. The molecule has 0 saturated heterocycles. The molecule has 0 spiro atoms. The van der Waals surface area contributed by atoms with Crippen LogP contribution in [0.5, 0.6) is 0 Å². The van der Waals surface area contributed by atoms with Crippen LogP contribution in [0.1, 0.15) is 5.56 Å². The third kappa shape index (κ3) is 2.98. The number of H-pyrrole nitrogens is 2. The first-order valence-corrected chi connectivity index (χ1v) is 5.04. The Hall–Kier alpha value is -1.17. The highest BCUT2D eigenvalue weighted by Gasteiger charge is 2.16. The number of hydrogen-bond donors (Lipinski definition) is 4. The average Bonchev–Trinajstić information content (AvgIpc) is 1.93. The van der Waals surface area contributed by atoms with E-state index in [0.717, 1.165) is 6.20 Å². The third-order valence-corrected chi connectivity index (χ3v) is 2.03. The van der Waals surface area contributed by atoms with Crippen molar-refractivity contribution in [2.24, 2.45) is 0 Å². The zero-order valence-electron chi connectivity index (χ0n) is 6.35. The van der Waals surface area contributed by atoms with Gasteiger partial charge in [-0.25, -0.2) is 4.79 Å². The van der Waals surface area contributed by atoms with Crippen molar-refractivity contribution >= 4 is 7.60 Å². The molecule has 0 aliphatic heterocycles. The summed E-state index contributed by atoms with van der Waals surface area (Å²) < 4.78 is 10.5. The number of aromatic nitrogens is 2. The summed E-state index contributed by atoms with van der Waals surface area (Å²) in [6.07, 6.45) is 0.305.